The highest BCUT2D eigenvalue weighted by Crippen LogP contribution is 2.26. The monoisotopic (exact) mass is 171 g/mol. The van der Waals surface area contributed by atoms with E-state index in [0.29, 0.717) is 0 Å². The van der Waals surface area contributed by atoms with Gasteiger partial charge in [0.1, 0.15) is 0 Å². The maximum Gasteiger partial charge on any atom is 0.317 e. The molecule has 3 nitrogen and oxygen atoms in total. The number of hydrogen-bond acceptors (Lipinski definition) is 2. The number of likely N-dealkylation sites (N-methyl/N-ethyl adjacent to an activating group) is 1. The van der Waals surface area contributed by atoms with Crippen LogP contribution in [-0.4, -0.2) is 35.6 Å². The normalized spacial score (nSPS) is 17.8. The summed E-state index contributed by atoms with van der Waals surface area (Å²) in [6.45, 7) is 4.04. The van der Waals surface area contributed by atoms with E-state index in [1.54, 1.807) is 0 Å². The summed E-state index contributed by atoms with van der Waals surface area (Å²) in [7, 11) is 0. The van der Waals surface area contributed by atoms with Gasteiger partial charge in [-0.1, -0.05) is 13.3 Å². The Hall–Kier alpha value is -0.570. The number of nitrogens with zero attached hydrogens (tertiary/aromatic N) is 1. The largest absolute Gasteiger partial charge is 0.480 e. The molecule has 12 heavy (non-hydrogen) atoms. The lowest BCUT2D eigenvalue weighted by Crippen LogP contribution is -2.36. The number of rotatable bonds is 5. The highest BCUT2D eigenvalue weighted by atomic mass is 16.4. The van der Waals surface area contributed by atoms with Crippen molar-refractivity contribution in [1.29, 1.82) is 0 Å². The van der Waals surface area contributed by atoms with Crippen LogP contribution in [0.1, 0.15) is 26.2 Å². The van der Waals surface area contributed by atoms with Gasteiger partial charge >= 0.3 is 5.97 Å². The molecular formula is C9H17NO2. The van der Waals surface area contributed by atoms with Gasteiger partial charge in [-0.25, -0.2) is 0 Å². The van der Waals surface area contributed by atoms with Gasteiger partial charge < -0.3 is 5.11 Å². The topological polar surface area (TPSA) is 40.5 Å². The van der Waals surface area contributed by atoms with Crippen molar-refractivity contribution in [3.05, 3.63) is 0 Å². The molecule has 0 aromatic heterocycles. The Morgan fingerprint density at radius 3 is 2.58 bits per heavy atom. The van der Waals surface area contributed by atoms with E-state index in [4.69, 9.17) is 5.11 Å². The van der Waals surface area contributed by atoms with Gasteiger partial charge in [-0.15, -0.1) is 0 Å². The minimum Gasteiger partial charge on any atom is -0.480 e. The summed E-state index contributed by atoms with van der Waals surface area (Å²) in [6.07, 6.45) is 3.90. The number of carboxylic acid groups (broad SMARTS) is 1. The molecule has 0 aliphatic heterocycles. The maximum atomic E-state index is 10.4. The lowest BCUT2D eigenvalue weighted by molar-refractivity contribution is -0.138. The first-order valence-electron chi connectivity index (χ1n) is 4.66. The number of carbonyl (C=O) groups is 1. The van der Waals surface area contributed by atoms with Gasteiger partial charge in [-0.3, -0.25) is 9.69 Å². The van der Waals surface area contributed by atoms with E-state index in [9.17, 15) is 4.79 Å². The Morgan fingerprint density at radius 1 is 1.58 bits per heavy atom. The predicted octanol–water partition coefficient (Wildman–Crippen LogP) is 1.19. The fourth-order valence-corrected chi connectivity index (χ4v) is 1.54. The first-order chi connectivity index (χ1) is 5.72. The summed E-state index contributed by atoms with van der Waals surface area (Å²) in [5.74, 6) is 0.0560. The minimum absolute atomic E-state index is 0.201. The molecule has 0 amide bonds. The third-order valence-electron chi connectivity index (χ3n) is 2.55. The molecule has 3 heteroatoms. The molecule has 1 saturated carbocycles. The van der Waals surface area contributed by atoms with Crippen molar-refractivity contribution in [1.82, 2.24) is 4.90 Å². The van der Waals surface area contributed by atoms with Crippen molar-refractivity contribution in [2.24, 2.45) is 5.92 Å². The molecule has 70 valence electrons. The summed E-state index contributed by atoms with van der Waals surface area (Å²) in [5, 5.41) is 8.58. The number of hydrogen-bond donors (Lipinski definition) is 1. The quantitative estimate of drug-likeness (QED) is 0.675. The Balaban J connectivity index is 2.19. The molecule has 1 fully saturated rings. The van der Waals surface area contributed by atoms with Gasteiger partial charge in [-0.2, -0.15) is 0 Å². The van der Waals surface area contributed by atoms with Gasteiger partial charge in [0.05, 0.1) is 6.54 Å². The zero-order chi connectivity index (χ0) is 8.97. The molecule has 0 atom stereocenters. The lowest BCUT2D eigenvalue weighted by Gasteiger charge is -2.30. The molecule has 0 bridgehead atoms. The van der Waals surface area contributed by atoms with Crippen LogP contribution in [0, 0.1) is 5.92 Å². The maximum absolute atomic E-state index is 10.4. The zero-order valence-corrected chi connectivity index (χ0v) is 7.62. The van der Waals surface area contributed by atoms with Crippen LogP contribution in [0.5, 0.6) is 0 Å². The Labute approximate surface area is 73.4 Å². The molecule has 0 saturated heterocycles. The molecule has 1 aliphatic rings. The van der Waals surface area contributed by atoms with E-state index in [-0.39, 0.29) is 6.54 Å². The summed E-state index contributed by atoms with van der Waals surface area (Å²) in [6, 6.07) is 0. The fraction of sp³-hybridized carbons (Fsp3) is 0.889. The Bertz CT molecular complexity index is 155. The molecule has 0 radical (unpaired) electrons. The summed E-state index contributed by atoms with van der Waals surface area (Å²) >= 11 is 0. The first-order valence-corrected chi connectivity index (χ1v) is 4.66. The molecule has 0 spiro atoms. The van der Waals surface area contributed by atoms with Crippen LogP contribution in [0.2, 0.25) is 0 Å². The van der Waals surface area contributed by atoms with E-state index in [2.05, 4.69) is 0 Å². The third-order valence-corrected chi connectivity index (χ3v) is 2.55. The standard InChI is InChI=1S/C9H17NO2/c1-2-10(7-9(11)12)6-8-4-3-5-8/h8H,2-7H2,1H3,(H,11,12). The number of carboxylic acids is 1. The van der Waals surface area contributed by atoms with Crippen molar-refractivity contribution in [2.45, 2.75) is 26.2 Å². The van der Waals surface area contributed by atoms with Crippen molar-refractivity contribution >= 4 is 5.97 Å². The molecule has 0 heterocycles. The van der Waals surface area contributed by atoms with E-state index in [1.807, 2.05) is 11.8 Å². The first kappa shape index (κ1) is 9.52. The molecule has 0 unspecified atom stereocenters. The highest BCUT2D eigenvalue weighted by Gasteiger charge is 2.20. The van der Waals surface area contributed by atoms with Crippen LogP contribution in [0.15, 0.2) is 0 Å². The fourth-order valence-electron chi connectivity index (χ4n) is 1.54. The second kappa shape index (κ2) is 4.45. The molecule has 1 rings (SSSR count). The van der Waals surface area contributed by atoms with E-state index in [1.165, 1.54) is 19.3 Å². The molecule has 1 N–H and O–H groups in total. The summed E-state index contributed by atoms with van der Waals surface area (Å²) in [4.78, 5) is 12.4. The van der Waals surface area contributed by atoms with Crippen LogP contribution in [0.4, 0.5) is 0 Å². The molecule has 1 aliphatic carbocycles. The smallest absolute Gasteiger partial charge is 0.317 e. The Morgan fingerprint density at radius 2 is 2.25 bits per heavy atom. The van der Waals surface area contributed by atoms with Gasteiger partial charge in [0, 0.05) is 6.54 Å². The Kier molecular flexibility index (Phi) is 3.53. The summed E-state index contributed by atoms with van der Waals surface area (Å²) < 4.78 is 0. The zero-order valence-electron chi connectivity index (χ0n) is 7.62. The average Bonchev–Trinajstić information content (AvgIpc) is 1.93. The highest BCUT2D eigenvalue weighted by molar-refractivity contribution is 5.69. The second-order valence-electron chi connectivity index (χ2n) is 3.52. The van der Waals surface area contributed by atoms with E-state index in [0.717, 1.165) is 19.0 Å². The van der Waals surface area contributed by atoms with Gasteiger partial charge in [-0.05, 0) is 25.3 Å². The average molecular weight is 171 g/mol. The van der Waals surface area contributed by atoms with Crippen molar-refractivity contribution in [3.8, 4) is 0 Å². The second-order valence-corrected chi connectivity index (χ2v) is 3.52. The van der Waals surface area contributed by atoms with Gasteiger partial charge in [0.2, 0.25) is 0 Å². The van der Waals surface area contributed by atoms with Crippen LogP contribution >= 0.6 is 0 Å². The van der Waals surface area contributed by atoms with Crippen molar-refractivity contribution in [3.63, 3.8) is 0 Å². The van der Waals surface area contributed by atoms with Crippen molar-refractivity contribution < 1.29 is 9.90 Å². The molecular weight excluding hydrogens is 154 g/mol. The van der Waals surface area contributed by atoms with E-state index < -0.39 is 5.97 Å². The predicted molar refractivity (Wildman–Crippen MR) is 47.1 cm³/mol. The number of aliphatic carboxylic acids is 1. The molecule has 0 aromatic carbocycles. The van der Waals surface area contributed by atoms with Gasteiger partial charge in [0.25, 0.3) is 0 Å². The summed E-state index contributed by atoms with van der Waals surface area (Å²) in [5.41, 5.74) is 0. The van der Waals surface area contributed by atoms with Crippen LogP contribution in [-0.2, 0) is 4.79 Å². The minimum atomic E-state index is -0.712. The van der Waals surface area contributed by atoms with Crippen LogP contribution in [0.3, 0.4) is 0 Å². The van der Waals surface area contributed by atoms with Gasteiger partial charge in [0.15, 0.2) is 0 Å². The molecule has 0 aromatic rings. The lowest BCUT2D eigenvalue weighted by atomic mass is 9.85. The van der Waals surface area contributed by atoms with Crippen LogP contribution < -0.4 is 0 Å². The van der Waals surface area contributed by atoms with Crippen LogP contribution in [0.25, 0.3) is 0 Å². The SMILES string of the molecule is CCN(CC(=O)O)CC1CCC1. The van der Waals surface area contributed by atoms with E-state index >= 15 is 0 Å². The van der Waals surface area contributed by atoms with Crippen molar-refractivity contribution in [2.75, 3.05) is 19.6 Å². The third kappa shape index (κ3) is 2.81.